The number of nitriles is 1. The van der Waals surface area contributed by atoms with E-state index in [0.29, 0.717) is 6.42 Å². The van der Waals surface area contributed by atoms with Crippen LogP contribution in [-0.2, 0) is 6.54 Å². The summed E-state index contributed by atoms with van der Waals surface area (Å²) in [5, 5.41) is 14.1. The van der Waals surface area contributed by atoms with Crippen molar-refractivity contribution < 1.29 is 0 Å². The summed E-state index contributed by atoms with van der Waals surface area (Å²) in [4.78, 5) is 4.10. The van der Waals surface area contributed by atoms with Gasteiger partial charge in [-0.25, -0.2) is 0 Å². The number of aromatic nitrogens is 1. The summed E-state index contributed by atoms with van der Waals surface area (Å²) in [5.41, 5.74) is 1.25. The Morgan fingerprint density at radius 1 is 1.31 bits per heavy atom. The summed E-state index contributed by atoms with van der Waals surface area (Å²) in [5.74, 6) is 0. The Kier molecular flexibility index (Phi) is 3.47. The Bertz CT molecular complexity index is 509. The molecule has 2 rings (SSSR count). The molecule has 0 fully saturated rings. The monoisotopic (exact) mass is 211 g/mol. The number of fused-ring (bicyclic) bond motifs is 1. The van der Waals surface area contributed by atoms with Crippen LogP contribution in [0.2, 0.25) is 0 Å². The van der Waals surface area contributed by atoms with Gasteiger partial charge in [-0.15, -0.1) is 0 Å². The maximum absolute atomic E-state index is 8.44. The molecule has 0 saturated heterocycles. The highest BCUT2D eigenvalue weighted by Gasteiger charge is 1.99. The van der Waals surface area contributed by atoms with Gasteiger partial charge in [-0.05, 0) is 17.0 Å². The minimum atomic E-state index is 0.548. The molecule has 0 amide bonds. The van der Waals surface area contributed by atoms with E-state index in [-0.39, 0.29) is 0 Å². The van der Waals surface area contributed by atoms with Crippen molar-refractivity contribution in [3.63, 3.8) is 0 Å². The van der Waals surface area contributed by atoms with Crippen LogP contribution in [0.5, 0.6) is 0 Å². The summed E-state index contributed by atoms with van der Waals surface area (Å²) in [7, 11) is 0. The molecule has 3 nitrogen and oxygen atoms in total. The fraction of sp³-hybridized carbons (Fsp3) is 0.231. The van der Waals surface area contributed by atoms with Crippen molar-refractivity contribution in [3.8, 4) is 6.07 Å². The predicted octanol–water partition coefficient (Wildman–Crippen LogP) is 2.24. The fourth-order valence-electron chi connectivity index (χ4n) is 1.71. The van der Waals surface area contributed by atoms with E-state index >= 15 is 0 Å². The van der Waals surface area contributed by atoms with E-state index in [1.54, 1.807) is 6.20 Å². The molecule has 0 atom stereocenters. The summed E-state index contributed by atoms with van der Waals surface area (Å²) in [6.45, 7) is 1.53. The molecule has 1 N–H and O–H groups in total. The largest absolute Gasteiger partial charge is 0.312 e. The normalized spacial score (nSPS) is 10.2. The van der Waals surface area contributed by atoms with Gasteiger partial charge in [0, 0.05) is 37.3 Å². The Morgan fingerprint density at radius 3 is 3.12 bits per heavy atom. The third-order valence-corrected chi connectivity index (χ3v) is 2.50. The molecule has 1 aromatic carbocycles. The summed E-state index contributed by atoms with van der Waals surface area (Å²) >= 11 is 0. The second kappa shape index (κ2) is 5.24. The van der Waals surface area contributed by atoms with Gasteiger partial charge in [0.15, 0.2) is 0 Å². The summed E-state index contributed by atoms with van der Waals surface area (Å²) < 4.78 is 0. The van der Waals surface area contributed by atoms with E-state index in [9.17, 15) is 0 Å². The van der Waals surface area contributed by atoms with Crippen molar-refractivity contribution in [2.75, 3.05) is 6.54 Å². The number of pyridine rings is 1. The van der Waals surface area contributed by atoms with E-state index in [4.69, 9.17) is 5.26 Å². The minimum Gasteiger partial charge on any atom is -0.312 e. The van der Waals surface area contributed by atoms with Gasteiger partial charge in [-0.2, -0.15) is 5.26 Å². The third-order valence-electron chi connectivity index (χ3n) is 2.50. The maximum atomic E-state index is 8.44. The van der Waals surface area contributed by atoms with Crippen LogP contribution in [0.4, 0.5) is 0 Å². The molecule has 0 aliphatic rings. The second-order valence-corrected chi connectivity index (χ2v) is 3.60. The molecule has 0 saturated carbocycles. The molecular formula is C13H13N3. The third kappa shape index (κ3) is 2.36. The predicted molar refractivity (Wildman–Crippen MR) is 63.7 cm³/mol. The Hall–Kier alpha value is -1.92. The second-order valence-electron chi connectivity index (χ2n) is 3.60. The lowest BCUT2D eigenvalue weighted by molar-refractivity contribution is 0.702. The zero-order valence-corrected chi connectivity index (χ0v) is 8.98. The molecule has 0 aliphatic carbocycles. The molecule has 1 heterocycles. The Labute approximate surface area is 94.7 Å². The SMILES string of the molecule is N#CCCNCc1cccc2cnccc12. The first-order chi connectivity index (χ1) is 7.92. The lowest BCUT2D eigenvalue weighted by atomic mass is 10.1. The molecule has 2 aromatic rings. The van der Waals surface area contributed by atoms with Crippen LogP contribution in [0, 0.1) is 11.3 Å². The highest BCUT2D eigenvalue weighted by atomic mass is 14.8. The number of hydrogen-bond acceptors (Lipinski definition) is 3. The minimum absolute atomic E-state index is 0.548. The molecule has 0 bridgehead atoms. The van der Waals surface area contributed by atoms with Gasteiger partial charge in [-0.3, -0.25) is 4.98 Å². The van der Waals surface area contributed by atoms with Crippen molar-refractivity contribution in [1.29, 1.82) is 5.26 Å². The first kappa shape index (κ1) is 10.6. The van der Waals surface area contributed by atoms with Crippen molar-refractivity contribution >= 4 is 10.8 Å². The van der Waals surface area contributed by atoms with Crippen LogP contribution in [-0.4, -0.2) is 11.5 Å². The zero-order valence-electron chi connectivity index (χ0n) is 8.98. The quantitative estimate of drug-likeness (QED) is 0.789. The average Bonchev–Trinajstić information content (AvgIpc) is 2.35. The highest BCUT2D eigenvalue weighted by molar-refractivity contribution is 5.84. The topological polar surface area (TPSA) is 48.7 Å². The molecular weight excluding hydrogens is 198 g/mol. The van der Waals surface area contributed by atoms with Crippen LogP contribution >= 0.6 is 0 Å². The van der Waals surface area contributed by atoms with Gasteiger partial charge >= 0.3 is 0 Å². The first-order valence-corrected chi connectivity index (χ1v) is 5.31. The first-order valence-electron chi connectivity index (χ1n) is 5.31. The molecule has 0 radical (unpaired) electrons. The van der Waals surface area contributed by atoms with E-state index in [2.05, 4.69) is 28.5 Å². The van der Waals surface area contributed by atoms with Gasteiger partial charge in [0.2, 0.25) is 0 Å². The number of benzene rings is 1. The Balaban J connectivity index is 2.15. The van der Waals surface area contributed by atoms with Crippen LogP contribution < -0.4 is 5.32 Å². The molecule has 0 spiro atoms. The maximum Gasteiger partial charge on any atom is 0.0635 e. The summed E-state index contributed by atoms with van der Waals surface area (Å²) in [6, 6.07) is 10.3. The molecule has 3 heteroatoms. The molecule has 80 valence electrons. The highest BCUT2D eigenvalue weighted by Crippen LogP contribution is 2.16. The van der Waals surface area contributed by atoms with Crippen LogP contribution in [0.15, 0.2) is 36.7 Å². The van der Waals surface area contributed by atoms with Crippen molar-refractivity contribution in [2.24, 2.45) is 0 Å². The number of nitrogens with zero attached hydrogens (tertiary/aromatic N) is 2. The van der Waals surface area contributed by atoms with Gasteiger partial charge in [0.25, 0.3) is 0 Å². The van der Waals surface area contributed by atoms with E-state index < -0.39 is 0 Å². The smallest absolute Gasteiger partial charge is 0.0635 e. The number of hydrogen-bond donors (Lipinski definition) is 1. The van der Waals surface area contributed by atoms with Crippen molar-refractivity contribution in [1.82, 2.24) is 10.3 Å². The molecule has 0 aliphatic heterocycles. The average molecular weight is 211 g/mol. The molecule has 1 aromatic heterocycles. The van der Waals surface area contributed by atoms with Gasteiger partial charge in [-0.1, -0.05) is 18.2 Å². The summed E-state index contributed by atoms with van der Waals surface area (Å²) in [6.07, 6.45) is 4.22. The van der Waals surface area contributed by atoms with Crippen LogP contribution in [0.1, 0.15) is 12.0 Å². The Morgan fingerprint density at radius 2 is 2.25 bits per heavy atom. The lowest BCUT2D eigenvalue weighted by Crippen LogP contribution is -2.14. The molecule has 0 unspecified atom stereocenters. The number of rotatable bonds is 4. The lowest BCUT2D eigenvalue weighted by Gasteiger charge is -2.06. The zero-order chi connectivity index (χ0) is 11.2. The van der Waals surface area contributed by atoms with Gasteiger partial charge in [0.1, 0.15) is 0 Å². The van der Waals surface area contributed by atoms with Crippen LogP contribution in [0.3, 0.4) is 0 Å². The fourth-order valence-corrected chi connectivity index (χ4v) is 1.71. The van der Waals surface area contributed by atoms with Crippen molar-refractivity contribution in [3.05, 3.63) is 42.2 Å². The number of nitrogens with one attached hydrogen (secondary N) is 1. The van der Waals surface area contributed by atoms with Crippen LogP contribution in [0.25, 0.3) is 10.8 Å². The van der Waals surface area contributed by atoms with E-state index in [1.165, 1.54) is 10.9 Å². The standard InChI is InChI=1S/C13H13N3/c14-6-2-7-15-9-11-3-1-4-12-10-16-8-5-13(11)12/h1,3-5,8,10,15H,2,7,9H2. The van der Waals surface area contributed by atoms with Gasteiger partial charge in [0.05, 0.1) is 6.07 Å². The van der Waals surface area contributed by atoms with Crippen molar-refractivity contribution in [2.45, 2.75) is 13.0 Å². The van der Waals surface area contributed by atoms with E-state index in [0.717, 1.165) is 18.5 Å². The van der Waals surface area contributed by atoms with E-state index in [1.807, 2.05) is 18.3 Å². The molecule has 16 heavy (non-hydrogen) atoms. The van der Waals surface area contributed by atoms with Gasteiger partial charge < -0.3 is 5.32 Å².